The summed E-state index contributed by atoms with van der Waals surface area (Å²) in [7, 11) is 0. The van der Waals surface area contributed by atoms with Gasteiger partial charge in [-0.1, -0.05) is 67.8 Å². The molecule has 2 heterocycles. The van der Waals surface area contributed by atoms with Crippen LogP contribution in [0.1, 0.15) is 67.3 Å². The second-order valence-corrected chi connectivity index (χ2v) is 10.8. The van der Waals surface area contributed by atoms with E-state index in [9.17, 15) is 5.11 Å². The molecule has 0 spiro atoms. The van der Waals surface area contributed by atoms with Crippen molar-refractivity contribution in [1.82, 2.24) is 14.8 Å². The van der Waals surface area contributed by atoms with Gasteiger partial charge in [0.15, 0.2) is 6.23 Å². The summed E-state index contributed by atoms with van der Waals surface area (Å²) < 4.78 is 6.44. The summed E-state index contributed by atoms with van der Waals surface area (Å²) in [5.41, 5.74) is 4.77. The van der Waals surface area contributed by atoms with Gasteiger partial charge in [-0.15, -0.1) is 0 Å². The normalized spacial score (nSPS) is 19.4. The molecule has 1 aliphatic heterocycles. The number of hydrogen-bond acceptors (Lipinski definition) is 5. The Balaban J connectivity index is 1.17. The molecule has 200 valence electrons. The van der Waals surface area contributed by atoms with Crippen molar-refractivity contribution >= 4 is 12.2 Å². The Labute approximate surface area is 227 Å². The number of hydrogen-bond donors (Lipinski definition) is 1. The van der Waals surface area contributed by atoms with Gasteiger partial charge in [-0.2, -0.15) is 0 Å². The lowest BCUT2D eigenvalue weighted by atomic mass is 9.84. The molecule has 2 aliphatic rings. The van der Waals surface area contributed by atoms with E-state index in [0.717, 1.165) is 55.6 Å². The molecule has 2 fully saturated rings. The van der Waals surface area contributed by atoms with Crippen LogP contribution in [0, 0.1) is 0 Å². The SMILES string of the molecule is CC(O)C(Oc1ccccc1/C=C/c1ccccn1)N1CCN(Cc2ccc(C3CCCCC3)cc2)CC1. The molecule has 2 unspecified atom stereocenters. The zero-order chi connectivity index (χ0) is 26.2. The van der Waals surface area contributed by atoms with Crippen molar-refractivity contribution in [2.45, 2.75) is 63.8 Å². The topological polar surface area (TPSA) is 48.8 Å². The summed E-state index contributed by atoms with van der Waals surface area (Å²) in [6.45, 7) is 6.43. The fourth-order valence-electron chi connectivity index (χ4n) is 5.75. The molecule has 1 saturated heterocycles. The Kier molecular flexibility index (Phi) is 9.24. The van der Waals surface area contributed by atoms with E-state index in [2.05, 4.69) is 39.0 Å². The molecule has 3 aromatic rings. The molecule has 0 bridgehead atoms. The van der Waals surface area contributed by atoms with Gasteiger partial charge < -0.3 is 9.84 Å². The molecule has 1 aromatic heterocycles. The van der Waals surface area contributed by atoms with Crippen LogP contribution in [-0.2, 0) is 6.54 Å². The van der Waals surface area contributed by atoms with E-state index in [0.29, 0.717) is 0 Å². The minimum absolute atomic E-state index is 0.392. The highest BCUT2D eigenvalue weighted by molar-refractivity contribution is 5.71. The number of piperazine rings is 1. The number of ether oxygens (including phenoxy) is 1. The van der Waals surface area contributed by atoms with Gasteiger partial charge in [0.2, 0.25) is 0 Å². The van der Waals surface area contributed by atoms with Crippen molar-refractivity contribution in [2.24, 2.45) is 0 Å². The van der Waals surface area contributed by atoms with Gasteiger partial charge in [-0.3, -0.25) is 14.8 Å². The lowest BCUT2D eigenvalue weighted by Gasteiger charge is -2.40. The number of para-hydroxylation sites is 1. The summed E-state index contributed by atoms with van der Waals surface area (Å²) in [6, 6.07) is 23.2. The molecule has 1 aliphatic carbocycles. The number of aromatic nitrogens is 1. The summed E-state index contributed by atoms with van der Waals surface area (Å²) >= 11 is 0. The van der Waals surface area contributed by atoms with Gasteiger partial charge in [0, 0.05) is 44.5 Å². The average molecular weight is 512 g/mol. The fourth-order valence-corrected chi connectivity index (χ4v) is 5.75. The Morgan fingerprint density at radius 1 is 0.895 bits per heavy atom. The second kappa shape index (κ2) is 13.2. The van der Waals surface area contributed by atoms with Crippen LogP contribution in [0.5, 0.6) is 5.75 Å². The summed E-state index contributed by atoms with van der Waals surface area (Å²) in [5.74, 6) is 1.53. The maximum absolute atomic E-state index is 10.7. The van der Waals surface area contributed by atoms with Crippen LogP contribution in [0.15, 0.2) is 72.9 Å². The number of aliphatic hydroxyl groups is 1. The van der Waals surface area contributed by atoms with Gasteiger partial charge in [-0.05, 0) is 67.2 Å². The van der Waals surface area contributed by atoms with E-state index < -0.39 is 12.3 Å². The lowest BCUT2D eigenvalue weighted by molar-refractivity contribution is -0.0752. The third-order valence-corrected chi connectivity index (χ3v) is 7.93. The zero-order valence-corrected chi connectivity index (χ0v) is 22.6. The van der Waals surface area contributed by atoms with Crippen LogP contribution in [0.3, 0.4) is 0 Å². The van der Waals surface area contributed by atoms with Crippen LogP contribution in [0.25, 0.3) is 12.2 Å². The van der Waals surface area contributed by atoms with E-state index in [-0.39, 0.29) is 0 Å². The molecule has 0 amide bonds. The monoisotopic (exact) mass is 511 g/mol. The van der Waals surface area contributed by atoms with Crippen LogP contribution in [0.2, 0.25) is 0 Å². The van der Waals surface area contributed by atoms with E-state index in [1.54, 1.807) is 6.20 Å². The van der Waals surface area contributed by atoms with Crippen molar-refractivity contribution in [2.75, 3.05) is 26.2 Å². The predicted molar refractivity (Wildman–Crippen MR) is 155 cm³/mol. The molecule has 5 nitrogen and oxygen atoms in total. The molecule has 0 radical (unpaired) electrons. The predicted octanol–water partition coefficient (Wildman–Crippen LogP) is 6.20. The van der Waals surface area contributed by atoms with Crippen molar-refractivity contribution < 1.29 is 9.84 Å². The average Bonchev–Trinajstić information content (AvgIpc) is 2.97. The Morgan fingerprint density at radius 2 is 1.63 bits per heavy atom. The standard InChI is InChI=1S/C33H41N3O2/c1-26(37)33(38-32-13-6-5-11-30(32)18-19-31-12-7-8-20-34-31)36-23-21-35(22-24-36)25-27-14-16-29(17-15-27)28-9-3-2-4-10-28/h5-8,11-20,26,28,33,37H,2-4,9-10,21-25H2,1H3/b19-18+. The molecule has 1 N–H and O–H groups in total. The van der Waals surface area contributed by atoms with Crippen LogP contribution in [-0.4, -0.2) is 58.4 Å². The first-order valence-corrected chi connectivity index (χ1v) is 14.2. The van der Waals surface area contributed by atoms with Crippen LogP contribution in [0.4, 0.5) is 0 Å². The number of rotatable bonds is 9. The minimum Gasteiger partial charge on any atom is -0.472 e. The van der Waals surface area contributed by atoms with E-state index in [1.165, 1.54) is 43.2 Å². The Bertz CT molecular complexity index is 1150. The van der Waals surface area contributed by atoms with Crippen molar-refractivity contribution in [3.63, 3.8) is 0 Å². The highest BCUT2D eigenvalue weighted by Gasteiger charge is 2.29. The third-order valence-electron chi connectivity index (χ3n) is 7.93. The van der Waals surface area contributed by atoms with Crippen molar-refractivity contribution in [1.29, 1.82) is 0 Å². The summed E-state index contributed by atoms with van der Waals surface area (Å²) in [5, 5.41) is 10.7. The minimum atomic E-state index is -0.610. The Morgan fingerprint density at radius 3 is 2.34 bits per heavy atom. The first-order chi connectivity index (χ1) is 18.7. The van der Waals surface area contributed by atoms with Gasteiger partial charge in [0.1, 0.15) is 11.9 Å². The van der Waals surface area contributed by atoms with Crippen LogP contribution < -0.4 is 4.74 Å². The summed E-state index contributed by atoms with van der Waals surface area (Å²) in [6.07, 6.45) is 11.6. The van der Waals surface area contributed by atoms with Gasteiger partial charge in [0.25, 0.3) is 0 Å². The van der Waals surface area contributed by atoms with Crippen molar-refractivity contribution in [3.05, 3.63) is 95.3 Å². The number of benzene rings is 2. The van der Waals surface area contributed by atoms with E-state index >= 15 is 0 Å². The quantitative estimate of drug-likeness (QED) is 0.371. The molecule has 1 saturated carbocycles. The molecule has 5 rings (SSSR count). The summed E-state index contributed by atoms with van der Waals surface area (Å²) in [4.78, 5) is 9.15. The number of pyridine rings is 1. The Hall–Kier alpha value is -2.99. The van der Waals surface area contributed by atoms with E-state index in [1.807, 2.05) is 61.5 Å². The van der Waals surface area contributed by atoms with Crippen LogP contribution >= 0.6 is 0 Å². The smallest absolute Gasteiger partial charge is 0.178 e. The van der Waals surface area contributed by atoms with Gasteiger partial charge >= 0.3 is 0 Å². The highest BCUT2D eigenvalue weighted by Crippen LogP contribution is 2.32. The van der Waals surface area contributed by atoms with Gasteiger partial charge in [0.05, 0.1) is 5.69 Å². The molecular formula is C33H41N3O2. The fraction of sp³-hybridized carbons (Fsp3) is 0.424. The third kappa shape index (κ3) is 7.10. The van der Waals surface area contributed by atoms with E-state index in [4.69, 9.17) is 4.74 Å². The molecule has 38 heavy (non-hydrogen) atoms. The number of aliphatic hydroxyl groups excluding tert-OH is 1. The number of nitrogens with zero attached hydrogens (tertiary/aromatic N) is 3. The first kappa shape index (κ1) is 26.6. The van der Waals surface area contributed by atoms with Crippen molar-refractivity contribution in [3.8, 4) is 5.75 Å². The second-order valence-electron chi connectivity index (χ2n) is 10.8. The maximum Gasteiger partial charge on any atom is 0.178 e. The van der Waals surface area contributed by atoms with Gasteiger partial charge in [-0.25, -0.2) is 0 Å². The molecule has 2 atom stereocenters. The largest absolute Gasteiger partial charge is 0.472 e. The molecule has 2 aromatic carbocycles. The zero-order valence-electron chi connectivity index (χ0n) is 22.6. The highest BCUT2D eigenvalue weighted by atomic mass is 16.5. The first-order valence-electron chi connectivity index (χ1n) is 14.2. The maximum atomic E-state index is 10.7. The molecular weight excluding hydrogens is 470 g/mol. The molecule has 5 heteroatoms. The lowest BCUT2D eigenvalue weighted by Crippen LogP contribution is -2.55.